The van der Waals surface area contributed by atoms with E-state index in [9.17, 15) is 9.59 Å². The number of nitrogens with zero attached hydrogens (tertiary/aromatic N) is 1. The van der Waals surface area contributed by atoms with Crippen LogP contribution in [0.3, 0.4) is 0 Å². The Labute approximate surface area is 140 Å². The highest BCUT2D eigenvalue weighted by Crippen LogP contribution is 2.31. The summed E-state index contributed by atoms with van der Waals surface area (Å²) in [6.45, 7) is 7.80. The molecule has 6 heteroatoms. The van der Waals surface area contributed by atoms with Gasteiger partial charge in [0, 0.05) is 23.5 Å². The molecule has 0 saturated heterocycles. The molecule has 23 heavy (non-hydrogen) atoms. The Hall–Kier alpha value is -2.01. The average molecular weight is 337 g/mol. The van der Waals surface area contributed by atoms with Gasteiger partial charge in [0.1, 0.15) is 0 Å². The molecule has 0 bridgehead atoms. The van der Waals surface area contributed by atoms with Gasteiger partial charge in [-0.05, 0) is 33.8 Å². The Kier molecular flexibility index (Phi) is 5.31. The van der Waals surface area contributed by atoms with Crippen molar-refractivity contribution in [3.63, 3.8) is 0 Å². The average Bonchev–Trinajstić information content (AvgIpc) is 2.82. The molecule has 5 nitrogen and oxygen atoms in total. The molecule has 0 spiro atoms. The number of hydrogen-bond donors (Lipinski definition) is 1. The molecule has 1 aromatic carbocycles. The highest BCUT2D eigenvalue weighted by Gasteiger charge is 2.24. The van der Waals surface area contributed by atoms with Gasteiger partial charge in [-0.15, -0.1) is 0 Å². The number of amides is 2. The maximum Gasteiger partial charge on any atom is 0.290 e. The highest BCUT2D eigenvalue weighted by molar-refractivity contribution is 6.35. The van der Waals surface area contributed by atoms with Gasteiger partial charge in [0.15, 0.2) is 11.3 Å². The lowest BCUT2D eigenvalue weighted by molar-refractivity contribution is -0.122. The Balaban J connectivity index is 2.29. The fourth-order valence-corrected chi connectivity index (χ4v) is 2.64. The molecule has 0 atom stereocenters. The van der Waals surface area contributed by atoms with Crippen LogP contribution in [0.5, 0.6) is 0 Å². The van der Waals surface area contributed by atoms with Crippen molar-refractivity contribution in [2.24, 2.45) is 0 Å². The number of aryl methyl sites for hydroxylation is 1. The Morgan fingerprint density at radius 1 is 1.35 bits per heavy atom. The summed E-state index contributed by atoms with van der Waals surface area (Å²) in [4.78, 5) is 26.1. The summed E-state index contributed by atoms with van der Waals surface area (Å²) in [6.07, 6.45) is 0. The second kappa shape index (κ2) is 7.04. The minimum absolute atomic E-state index is 0.00225. The standard InChI is InChI=1S/C17H21ClN2O3/c1-5-20(9-14(21)19-10(2)3)17(22)15-11(4)12-7-6-8-13(18)16(12)23-15/h6-8,10H,5,9H2,1-4H3,(H,19,21). The lowest BCUT2D eigenvalue weighted by Crippen LogP contribution is -2.42. The van der Waals surface area contributed by atoms with Gasteiger partial charge in [-0.25, -0.2) is 0 Å². The number of furan rings is 1. The van der Waals surface area contributed by atoms with Crippen LogP contribution >= 0.6 is 11.6 Å². The quantitative estimate of drug-likeness (QED) is 0.910. The number of fused-ring (bicyclic) bond motifs is 1. The fourth-order valence-electron chi connectivity index (χ4n) is 2.42. The summed E-state index contributed by atoms with van der Waals surface area (Å²) in [5.41, 5.74) is 1.23. The maximum atomic E-state index is 12.7. The van der Waals surface area contributed by atoms with E-state index in [2.05, 4.69) is 5.32 Å². The van der Waals surface area contributed by atoms with Gasteiger partial charge in [-0.1, -0.05) is 23.7 Å². The van der Waals surface area contributed by atoms with E-state index in [4.69, 9.17) is 16.0 Å². The normalized spacial score (nSPS) is 11.0. The highest BCUT2D eigenvalue weighted by atomic mass is 35.5. The summed E-state index contributed by atoms with van der Waals surface area (Å²) in [5, 5.41) is 4.05. The van der Waals surface area contributed by atoms with Crippen LogP contribution in [-0.2, 0) is 4.79 Å². The van der Waals surface area contributed by atoms with Crippen LogP contribution < -0.4 is 5.32 Å². The number of likely N-dealkylation sites (N-methyl/N-ethyl adjacent to an activating group) is 1. The van der Waals surface area contributed by atoms with Gasteiger partial charge >= 0.3 is 0 Å². The number of nitrogens with one attached hydrogen (secondary N) is 1. The summed E-state index contributed by atoms with van der Waals surface area (Å²) < 4.78 is 5.68. The molecule has 1 N–H and O–H groups in total. The van der Waals surface area contributed by atoms with Crippen LogP contribution in [0.25, 0.3) is 11.0 Å². The van der Waals surface area contributed by atoms with E-state index in [-0.39, 0.29) is 30.2 Å². The SMILES string of the molecule is CCN(CC(=O)NC(C)C)C(=O)c1oc2c(Cl)cccc2c1C. The summed E-state index contributed by atoms with van der Waals surface area (Å²) in [5.74, 6) is -0.273. The minimum Gasteiger partial charge on any atom is -0.449 e. The molecule has 0 fully saturated rings. The van der Waals surface area contributed by atoms with E-state index in [1.807, 2.05) is 39.8 Å². The maximum absolute atomic E-state index is 12.7. The number of halogens is 1. The number of hydrogen-bond acceptors (Lipinski definition) is 3. The van der Waals surface area contributed by atoms with Crippen molar-refractivity contribution >= 4 is 34.4 Å². The van der Waals surface area contributed by atoms with Crippen molar-refractivity contribution in [3.05, 3.63) is 34.5 Å². The number of para-hydroxylation sites is 1. The molecule has 2 aromatic rings. The van der Waals surface area contributed by atoms with Gasteiger partial charge < -0.3 is 14.6 Å². The second-order valence-corrected chi connectivity index (χ2v) is 6.12. The second-order valence-electron chi connectivity index (χ2n) is 5.71. The number of rotatable bonds is 5. The fraction of sp³-hybridized carbons (Fsp3) is 0.412. The third kappa shape index (κ3) is 3.67. The lowest BCUT2D eigenvalue weighted by Gasteiger charge is -2.20. The van der Waals surface area contributed by atoms with E-state index in [1.54, 1.807) is 6.07 Å². The van der Waals surface area contributed by atoms with Crippen molar-refractivity contribution in [3.8, 4) is 0 Å². The Morgan fingerprint density at radius 3 is 2.61 bits per heavy atom. The predicted molar refractivity (Wildman–Crippen MR) is 90.8 cm³/mol. The number of benzene rings is 1. The molecule has 124 valence electrons. The van der Waals surface area contributed by atoms with Gasteiger partial charge in [-0.3, -0.25) is 9.59 Å². The number of carbonyl (C=O) groups is 2. The predicted octanol–water partition coefficient (Wildman–Crippen LogP) is 3.38. The van der Waals surface area contributed by atoms with Crippen LogP contribution in [0.15, 0.2) is 22.6 Å². The number of carbonyl (C=O) groups excluding carboxylic acids is 2. The molecule has 0 unspecified atom stereocenters. The van der Waals surface area contributed by atoms with Crippen molar-refractivity contribution in [2.75, 3.05) is 13.1 Å². The summed E-state index contributed by atoms with van der Waals surface area (Å²) in [6, 6.07) is 5.42. The molecule has 1 heterocycles. The third-order valence-electron chi connectivity index (χ3n) is 3.56. The topological polar surface area (TPSA) is 62.6 Å². The van der Waals surface area contributed by atoms with Crippen molar-refractivity contribution in [1.82, 2.24) is 10.2 Å². The zero-order valence-corrected chi connectivity index (χ0v) is 14.5. The zero-order chi connectivity index (χ0) is 17.1. The smallest absolute Gasteiger partial charge is 0.290 e. The van der Waals surface area contributed by atoms with Gasteiger partial charge in [0.2, 0.25) is 5.91 Å². The molecule has 0 aliphatic heterocycles. The zero-order valence-electron chi connectivity index (χ0n) is 13.8. The molecule has 0 radical (unpaired) electrons. The Bertz CT molecular complexity index is 737. The molecule has 1 aromatic heterocycles. The van der Waals surface area contributed by atoms with Gasteiger partial charge in [0.25, 0.3) is 5.91 Å². The van der Waals surface area contributed by atoms with E-state index in [1.165, 1.54) is 4.90 Å². The van der Waals surface area contributed by atoms with E-state index >= 15 is 0 Å². The van der Waals surface area contributed by atoms with Crippen LogP contribution in [0.4, 0.5) is 0 Å². The molecular weight excluding hydrogens is 316 g/mol. The Morgan fingerprint density at radius 2 is 2.04 bits per heavy atom. The van der Waals surface area contributed by atoms with Crippen molar-refractivity contribution in [2.45, 2.75) is 33.7 Å². The first-order valence-electron chi connectivity index (χ1n) is 7.61. The van der Waals surface area contributed by atoms with Crippen molar-refractivity contribution in [1.29, 1.82) is 0 Å². The monoisotopic (exact) mass is 336 g/mol. The van der Waals surface area contributed by atoms with Gasteiger partial charge in [0.05, 0.1) is 11.6 Å². The van der Waals surface area contributed by atoms with Gasteiger partial charge in [-0.2, -0.15) is 0 Å². The first kappa shape index (κ1) is 17.3. The van der Waals surface area contributed by atoms with E-state index < -0.39 is 0 Å². The molecular formula is C17H21ClN2O3. The van der Waals surface area contributed by atoms with Crippen LogP contribution in [0.2, 0.25) is 5.02 Å². The summed E-state index contributed by atoms with van der Waals surface area (Å²) in [7, 11) is 0. The van der Waals surface area contributed by atoms with E-state index in [0.717, 1.165) is 10.9 Å². The first-order chi connectivity index (χ1) is 10.8. The van der Waals surface area contributed by atoms with E-state index in [0.29, 0.717) is 17.2 Å². The van der Waals surface area contributed by atoms with Crippen LogP contribution in [0, 0.1) is 6.92 Å². The molecule has 0 saturated carbocycles. The van der Waals surface area contributed by atoms with Crippen LogP contribution in [0.1, 0.15) is 36.9 Å². The van der Waals surface area contributed by atoms with Crippen molar-refractivity contribution < 1.29 is 14.0 Å². The summed E-state index contributed by atoms with van der Waals surface area (Å²) >= 11 is 6.12. The molecule has 2 amide bonds. The minimum atomic E-state index is -0.309. The largest absolute Gasteiger partial charge is 0.449 e. The third-order valence-corrected chi connectivity index (χ3v) is 3.86. The van der Waals surface area contributed by atoms with Crippen LogP contribution in [-0.4, -0.2) is 35.8 Å². The lowest BCUT2D eigenvalue weighted by atomic mass is 10.1. The molecule has 2 rings (SSSR count). The molecule has 0 aliphatic carbocycles. The first-order valence-corrected chi connectivity index (χ1v) is 7.99. The molecule has 0 aliphatic rings.